The van der Waals surface area contributed by atoms with Gasteiger partial charge >= 0.3 is 0 Å². The molecule has 0 nitrogen and oxygen atoms in total. The second-order valence-electron chi connectivity index (χ2n) is 0.723. The smallest absolute Gasteiger partial charge is 0.0413 e. The lowest BCUT2D eigenvalue weighted by molar-refractivity contribution is 1.77. The van der Waals surface area contributed by atoms with E-state index in [4.69, 9.17) is 18.0 Å². The largest absolute Gasteiger partial charge is 0.122 e. The normalized spacial score (nSPS) is 8.67. The van der Waals surface area contributed by atoms with E-state index in [0.717, 1.165) is 0 Å². The van der Waals surface area contributed by atoms with E-state index in [9.17, 15) is 0 Å². The van der Waals surface area contributed by atoms with Gasteiger partial charge in [0.25, 0.3) is 0 Å². The lowest BCUT2D eigenvalue weighted by atomic mass is 10.5. The van der Waals surface area contributed by atoms with Gasteiger partial charge in [0.05, 0.1) is 0 Å². The molecule has 0 radical (unpaired) electrons. The zero-order valence-electron chi connectivity index (χ0n) is 3.32. The SMILES string of the molecule is C#C/C=C/CCl. The molecule has 0 N–H and O–H groups in total. The molecule has 32 valence electrons. The van der Waals surface area contributed by atoms with Gasteiger partial charge in [0, 0.05) is 5.88 Å². The molecule has 0 rings (SSSR count). The Bertz CT molecular complexity index is 76.4. The third kappa shape index (κ3) is 3.59. The van der Waals surface area contributed by atoms with Gasteiger partial charge < -0.3 is 0 Å². The van der Waals surface area contributed by atoms with Gasteiger partial charge in [0.15, 0.2) is 0 Å². The first-order valence-corrected chi connectivity index (χ1v) is 2.12. The van der Waals surface area contributed by atoms with Crippen molar-refractivity contribution in [1.82, 2.24) is 0 Å². The van der Waals surface area contributed by atoms with Crippen LogP contribution in [0.4, 0.5) is 0 Å². The second kappa shape index (κ2) is 4.59. The van der Waals surface area contributed by atoms with Crippen molar-refractivity contribution in [1.29, 1.82) is 0 Å². The molecule has 1 heteroatoms. The molecule has 0 aliphatic carbocycles. The number of hydrogen-bond donors (Lipinski definition) is 0. The van der Waals surface area contributed by atoms with Crippen molar-refractivity contribution in [3.8, 4) is 12.3 Å². The zero-order valence-corrected chi connectivity index (χ0v) is 4.07. The summed E-state index contributed by atoms with van der Waals surface area (Å²) in [4.78, 5) is 0. The molecule has 0 aromatic carbocycles. The highest BCUT2D eigenvalue weighted by molar-refractivity contribution is 6.18. The van der Waals surface area contributed by atoms with Crippen LogP contribution in [0.5, 0.6) is 0 Å². The van der Waals surface area contributed by atoms with Crippen molar-refractivity contribution < 1.29 is 0 Å². The Morgan fingerprint density at radius 2 is 2.50 bits per heavy atom. The summed E-state index contributed by atoms with van der Waals surface area (Å²) in [5, 5.41) is 0. The number of alkyl halides is 1. The minimum atomic E-state index is 0.504. The summed E-state index contributed by atoms with van der Waals surface area (Å²) in [6.07, 6.45) is 8.11. The van der Waals surface area contributed by atoms with E-state index in [2.05, 4.69) is 5.92 Å². The summed E-state index contributed by atoms with van der Waals surface area (Å²) in [5.41, 5.74) is 0. The maximum absolute atomic E-state index is 5.20. The number of halogens is 1. The summed E-state index contributed by atoms with van der Waals surface area (Å²) < 4.78 is 0. The van der Waals surface area contributed by atoms with Gasteiger partial charge in [-0.2, -0.15) is 0 Å². The molecule has 0 aliphatic heterocycles. The molecule has 0 unspecified atom stereocenters. The van der Waals surface area contributed by atoms with Crippen molar-refractivity contribution in [2.75, 3.05) is 5.88 Å². The van der Waals surface area contributed by atoms with Crippen molar-refractivity contribution in [2.24, 2.45) is 0 Å². The fourth-order valence-corrected chi connectivity index (χ4v) is 0.202. The predicted molar refractivity (Wildman–Crippen MR) is 28.7 cm³/mol. The summed E-state index contributed by atoms with van der Waals surface area (Å²) >= 11 is 5.20. The molecule has 0 spiro atoms. The molecule has 0 saturated heterocycles. The van der Waals surface area contributed by atoms with Crippen LogP contribution in [-0.4, -0.2) is 5.88 Å². The van der Waals surface area contributed by atoms with Crippen LogP contribution in [-0.2, 0) is 0 Å². The van der Waals surface area contributed by atoms with E-state index in [0.29, 0.717) is 5.88 Å². The number of terminal acetylenes is 1. The van der Waals surface area contributed by atoms with E-state index in [1.165, 1.54) is 0 Å². The van der Waals surface area contributed by atoms with Crippen LogP contribution < -0.4 is 0 Å². The molecule has 0 heterocycles. The van der Waals surface area contributed by atoms with Gasteiger partial charge in [-0.3, -0.25) is 0 Å². The molecule has 0 atom stereocenters. The van der Waals surface area contributed by atoms with Crippen LogP contribution in [0.25, 0.3) is 0 Å². The van der Waals surface area contributed by atoms with Crippen molar-refractivity contribution in [2.45, 2.75) is 0 Å². The molecular weight excluding hydrogens is 95.5 g/mol. The van der Waals surface area contributed by atoms with E-state index in [1.54, 1.807) is 12.2 Å². The molecule has 0 bridgehead atoms. The Labute approximate surface area is 42.8 Å². The maximum atomic E-state index is 5.20. The molecule has 0 aliphatic rings. The van der Waals surface area contributed by atoms with Gasteiger partial charge in [0.2, 0.25) is 0 Å². The topological polar surface area (TPSA) is 0 Å². The Morgan fingerprint density at radius 3 is 2.67 bits per heavy atom. The van der Waals surface area contributed by atoms with Gasteiger partial charge in [-0.1, -0.05) is 12.0 Å². The van der Waals surface area contributed by atoms with Crippen LogP contribution in [0.2, 0.25) is 0 Å². The molecule has 0 amide bonds. The highest BCUT2D eigenvalue weighted by atomic mass is 35.5. The Morgan fingerprint density at radius 1 is 1.83 bits per heavy atom. The first-order chi connectivity index (χ1) is 2.91. The highest BCUT2D eigenvalue weighted by Gasteiger charge is 1.57. The van der Waals surface area contributed by atoms with Gasteiger partial charge in [0.1, 0.15) is 0 Å². The maximum Gasteiger partial charge on any atom is 0.0413 e. The predicted octanol–water partition coefficient (Wildman–Crippen LogP) is 1.41. The van der Waals surface area contributed by atoms with Crippen LogP contribution in [0.3, 0.4) is 0 Å². The minimum absolute atomic E-state index is 0.504. The minimum Gasteiger partial charge on any atom is -0.122 e. The van der Waals surface area contributed by atoms with Crippen LogP contribution in [0, 0.1) is 12.3 Å². The van der Waals surface area contributed by atoms with E-state index < -0.39 is 0 Å². The number of rotatable bonds is 1. The molecule has 0 aromatic rings. The van der Waals surface area contributed by atoms with E-state index in [-0.39, 0.29) is 0 Å². The average molecular weight is 101 g/mol. The van der Waals surface area contributed by atoms with E-state index >= 15 is 0 Å². The Hall–Kier alpha value is -0.410. The van der Waals surface area contributed by atoms with Crippen molar-refractivity contribution >= 4 is 11.6 Å². The third-order valence-electron chi connectivity index (χ3n) is 0.303. The van der Waals surface area contributed by atoms with Crippen LogP contribution in [0.15, 0.2) is 12.2 Å². The summed E-state index contributed by atoms with van der Waals surface area (Å²) in [6, 6.07) is 0. The molecule has 0 saturated carbocycles. The summed E-state index contributed by atoms with van der Waals surface area (Å²) in [5.74, 6) is 2.81. The van der Waals surface area contributed by atoms with Crippen molar-refractivity contribution in [3.63, 3.8) is 0 Å². The Kier molecular flexibility index (Phi) is 4.28. The lowest BCUT2D eigenvalue weighted by Gasteiger charge is -1.63. The van der Waals surface area contributed by atoms with Gasteiger partial charge in [-0.15, -0.1) is 18.0 Å². The fraction of sp³-hybridized carbons (Fsp3) is 0.200. The summed E-state index contributed by atoms with van der Waals surface area (Å²) in [7, 11) is 0. The molecule has 0 aromatic heterocycles. The first-order valence-electron chi connectivity index (χ1n) is 1.59. The van der Waals surface area contributed by atoms with Crippen molar-refractivity contribution in [3.05, 3.63) is 12.2 Å². The fourth-order valence-electron chi connectivity index (χ4n) is 0.113. The van der Waals surface area contributed by atoms with Crippen LogP contribution >= 0.6 is 11.6 Å². The number of allylic oxidation sites excluding steroid dienone is 2. The monoisotopic (exact) mass is 100 g/mol. The van der Waals surface area contributed by atoms with Crippen LogP contribution in [0.1, 0.15) is 0 Å². The van der Waals surface area contributed by atoms with Gasteiger partial charge in [-0.05, 0) is 6.08 Å². The summed E-state index contributed by atoms with van der Waals surface area (Å²) in [6.45, 7) is 0. The Balaban J connectivity index is 3.02. The highest BCUT2D eigenvalue weighted by Crippen LogP contribution is 1.73. The van der Waals surface area contributed by atoms with Gasteiger partial charge in [-0.25, -0.2) is 0 Å². The van der Waals surface area contributed by atoms with E-state index in [1.807, 2.05) is 0 Å². The number of hydrogen-bond acceptors (Lipinski definition) is 0. The lowest BCUT2D eigenvalue weighted by Crippen LogP contribution is -1.53. The third-order valence-corrected chi connectivity index (χ3v) is 0.481. The second-order valence-corrected chi connectivity index (χ2v) is 1.03. The quantitative estimate of drug-likeness (QED) is 0.345. The first kappa shape index (κ1) is 5.59. The molecular formula is C5H5Cl. The molecule has 6 heavy (non-hydrogen) atoms. The average Bonchev–Trinajstić information content (AvgIpc) is 1.61. The standard InChI is InChI=1S/C5H5Cl/c1-2-3-4-5-6/h1,3-4H,5H2/b4-3+. The molecule has 0 fully saturated rings. The zero-order chi connectivity index (χ0) is 4.83.